The van der Waals surface area contributed by atoms with Crippen LogP contribution in [0.4, 0.5) is 0 Å². The highest BCUT2D eigenvalue weighted by Crippen LogP contribution is 2.26. The number of carbonyl (C=O) groups excluding carboxylic acids is 3. The predicted octanol–water partition coefficient (Wildman–Crippen LogP) is 14.5. The molecule has 1 saturated heterocycles. The van der Waals surface area contributed by atoms with Gasteiger partial charge in [-0.15, -0.1) is 0 Å². The molecule has 0 amide bonds. The third kappa shape index (κ3) is 38.2. The number of carboxylic acids is 1. The fraction of sp³-hybridized carbons (Fsp3) is 0.831. The Balaban J connectivity index is 2.69. The summed E-state index contributed by atoms with van der Waals surface area (Å²) in [7, 11) is 0. The Labute approximate surface area is 431 Å². The third-order valence-corrected chi connectivity index (χ3v) is 13.2. The van der Waals surface area contributed by atoms with Crippen LogP contribution < -0.4 is 0 Å². The molecule has 0 aliphatic carbocycles. The van der Waals surface area contributed by atoms with Crippen LogP contribution in [0.5, 0.6) is 0 Å². The molecule has 1 rings (SSSR count). The predicted molar refractivity (Wildman–Crippen MR) is 285 cm³/mol. The van der Waals surface area contributed by atoms with Crippen LogP contribution in [0.2, 0.25) is 0 Å². The van der Waals surface area contributed by atoms with Gasteiger partial charge in [-0.25, -0.2) is 4.79 Å². The molecule has 0 spiro atoms. The largest absolute Gasteiger partial charge is 0.479 e. The first-order valence-corrected chi connectivity index (χ1v) is 29.0. The van der Waals surface area contributed by atoms with Crippen molar-refractivity contribution >= 4 is 23.9 Å². The van der Waals surface area contributed by atoms with E-state index in [1.54, 1.807) is 0 Å². The van der Waals surface area contributed by atoms with Gasteiger partial charge in [0.2, 0.25) is 0 Å². The summed E-state index contributed by atoms with van der Waals surface area (Å²) in [5, 5.41) is 31.4. The molecule has 71 heavy (non-hydrogen) atoms. The topological polar surface area (TPSA) is 175 Å². The smallest absolute Gasteiger partial charge is 0.335 e. The van der Waals surface area contributed by atoms with Gasteiger partial charge in [0.05, 0.1) is 6.61 Å². The van der Waals surface area contributed by atoms with Crippen molar-refractivity contribution in [1.29, 1.82) is 0 Å². The summed E-state index contributed by atoms with van der Waals surface area (Å²) < 4.78 is 28.4. The summed E-state index contributed by atoms with van der Waals surface area (Å²) in [4.78, 5) is 51.0. The molecule has 6 atom stereocenters. The number of allylic oxidation sites excluding steroid dienone is 6. The summed E-state index contributed by atoms with van der Waals surface area (Å²) in [5.74, 6) is -3.12. The maximum Gasteiger partial charge on any atom is 0.335 e. The quantitative estimate of drug-likeness (QED) is 0.0228. The lowest BCUT2D eigenvalue weighted by Crippen LogP contribution is -2.61. The van der Waals surface area contributed by atoms with Gasteiger partial charge in [0.15, 0.2) is 24.6 Å². The van der Waals surface area contributed by atoms with Crippen molar-refractivity contribution in [2.24, 2.45) is 0 Å². The van der Waals surface area contributed by atoms with Crippen molar-refractivity contribution < 1.29 is 58.2 Å². The van der Waals surface area contributed by atoms with E-state index in [4.69, 9.17) is 23.7 Å². The number of rotatable bonds is 49. The monoisotopic (exact) mass is 1000 g/mol. The summed E-state index contributed by atoms with van der Waals surface area (Å²) >= 11 is 0. The zero-order valence-electron chi connectivity index (χ0n) is 45.2. The maximum absolute atomic E-state index is 13.1. The SMILES string of the molecule is CCCC/C=C\CCCCCCCC(=O)OC1C(OCC(COC(=O)CCCCCCCCC/C=C\C/C=C\CCCCC)OC(=O)CCCCCCCCCCCCCCC)OC(C(=O)O)C(O)C1O. The van der Waals surface area contributed by atoms with E-state index in [1.807, 2.05) is 0 Å². The number of ether oxygens (including phenoxy) is 5. The Morgan fingerprint density at radius 1 is 0.465 bits per heavy atom. The van der Waals surface area contributed by atoms with Crippen molar-refractivity contribution in [1.82, 2.24) is 0 Å². The number of hydrogen-bond donors (Lipinski definition) is 3. The van der Waals surface area contributed by atoms with Crippen LogP contribution in [0.1, 0.15) is 265 Å². The minimum Gasteiger partial charge on any atom is -0.479 e. The molecule has 0 radical (unpaired) electrons. The number of esters is 3. The Morgan fingerprint density at radius 2 is 0.859 bits per heavy atom. The molecule has 0 aromatic carbocycles. The summed E-state index contributed by atoms with van der Waals surface area (Å²) in [6.07, 6.45) is 42.6. The molecule has 1 heterocycles. The first kappa shape index (κ1) is 66.0. The van der Waals surface area contributed by atoms with Crippen molar-refractivity contribution in [2.45, 2.75) is 302 Å². The fourth-order valence-electron chi connectivity index (χ4n) is 8.67. The minimum atomic E-state index is -1.90. The molecule has 1 aliphatic rings. The minimum absolute atomic E-state index is 0.0519. The highest BCUT2D eigenvalue weighted by atomic mass is 16.7. The Hall–Kier alpha value is -3.06. The molecule has 0 bridgehead atoms. The van der Waals surface area contributed by atoms with Crippen molar-refractivity contribution in [2.75, 3.05) is 13.2 Å². The maximum atomic E-state index is 13.1. The van der Waals surface area contributed by atoms with E-state index in [0.29, 0.717) is 19.3 Å². The second-order valence-corrected chi connectivity index (χ2v) is 19.9. The van der Waals surface area contributed by atoms with Crippen molar-refractivity contribution in [3.05, 3.63) is 36.5 Å². The third-order valence-electron chi connectivity index (χ3n) is 13.2. The van der Waals surface area contributed by atoms with Crippen molar-refractivity contribution in [3.63, 3.8) is 0 Å². The van der Waals surface area contributed by atoms with Gasteiger partial charge in [-0.3, -0.25) is 14.4 Å². The molecule has 12 nitrogen and oxygen atoms in total. The lowest BCUT2D eigenvalue weighted by molar-refractivity contribution is -0.301. The van der Waals surface area contributed by atoms with Gasteiger partial charge in [-0.2, -0.15) is 0 Å². The van der Waals surface area contributed by atoms with Crippen LogP contribution >= 0.6 is 0 Å². The number of carboxylic acid groups (broad SMARTS) is 1. The van der Waals surface area contributed by atoms with Gasteiger partial charge in [0.1, 0.15) is 18.8 Å². The number of carbonyl (C=O) groups is 4. The second-order valence-electron chi connectivity index (χ2n) is 19.9. The van der Waals surface area contributed by atoms with Gasteiger partial charge in [0.25, 0.3) is 0 Å². The average molecular weight is 1010 g/mol. The molecule has 412 valence electrons. The lowest BCUT2D eigenvalue weighted by Gasteiger charge is -2.40. The number of aliphatic hydroxyl groups excluding tert-OH is 2. The molecular formula is C59H104O12. The summed E-state index contributed by atoms with van der Waals surface area (Å²) in [6.45, 7) is 5.92. The first-order chi connectivity index (χ1) is 34.6. The van der Waals surface area contributed by atoms with Crippen LogP contribution in [0.15, 0.2) is 36.5 Å². The van der Waals surface area contributed by atoms with Gasteiger partial charge in [0, 0.05) is 19.3 Å². The molecule has 0 aromatic heterocycles. The molecule has 0 saturated carbocycles. The van der Waals surface area contributed by atoms with Gasteiger partial charge >= 0.3 is 23.9 Å². The van der Waals surface area contributed by atoms with E-state index in [0.717, 1.165) is 96.3 Å². The zero-order valence-corrected chi connectivity index (χ0v) is 45.2. The van der Waals surface area contributed by atoms with Gasteiger partial charge in [-0.05, 0) is 70.6 Å². The molecular weight excluding hydrogens is 901 g/mol. The average Bonchev–Trinajstić information content (AvgIpc) is 3.35. The van der Waals surface area contributed by atoms with Crippen LogP contribution in [0, 0.1) is 0 Å². The molecule has 0 aromatic rings. The zero-order chi connectivity index (χ0) is 51.8. The van der Waals surface area contributed by atoms with Crippen LogP contribution in [0.3, 0.4) is 0 Å². The normalized spacial score (nSPS) is 18.7. The fourth-order valence-corrected chi connectivity index (χ4v) is 8.67. The number of unbranched alkanes of at least 4 members (excludes halogenated alkanes) is 29. The lowest BCUT2D eigenvalue weighted by atomic mass is 9.98. The number of aliphatic carboxylic acids is 1. The van der Waals surface area contributed by atoms with E-state index in [-0.39, 0.29) is 25.9 Å². The molecule has 1 aliphatic heterocycles. The van der Waals surface area contributed by atoms with Crippen LogP contribution in [-0.2, 0) is 42.9 Å². The molecule has 3 N–H and O–H groups in total. The molecule has 12 heteroatoms. The van der Waals surface area contributed by atoms with E-state index in [2.05, 4.69) is 57.2 Å². The number of hydrogen-bond acceptors (Lipinski definition) is 11. The van der Waals surface area contributed by atoms with Crippen molar-refractivity contribution in [3.8, 4) is 0 Å². The van der Waals surface area contributed by atoms with E-state index >= 15 is 0 Å². The van der Waals surface area contributed by atoms with Gasteiger partial charge < -0.3 is 39.0 Å². The highest BCUT2D eigenvalue weighted by Gasteiger charge is 2.50. The highest BCUT2D eigenvalue weighted by molar-refractivity contribution is 5.74. The van der Waals surface area contributed by atoms with E-state index in [9.17, 15) is 34.5 Å². The second kappa shape index (κ2) is 47.9. The summed E-state index contributed by atoms with van der Waals surface area (Å²) in [6, 6.07) is 0. The molecule has 6 unspecified atom stereocenters. The molecule has 1 fully saturated rings. The Kier molecular flexibility index (Phi) is 44.5. The first-order valence-electron chi connectivity index (χ1n) is 29.0. The van der Waals surface area contributed by atoms with E-state index < -0.39 is 67.3 Å². The van der Waals surface area contributed by atoms with E-state index in [1.165, 1.54) is 109 Å². The summed E-state index contributed by atoms with van der Waals surface area (Å²) in [5.41, 5.74) is 0. The standard InChI is InChI=1S/C59H104O12/c1-4-7-10-13-16-19-22-24-25-26-27-29-31-33-36-39-42-45-51(60)67-48-50(69-52(61)46-43-40-37-35-32-28-23-20-17-14-11-8-5-2)49-68-59-57(55(64)54(63)56(71-59)58(65)66)70-53(62)47-44-41-38-34-30-21-18-15-12-9-6-3/h15-16,18-19,24-25,50,54-57,59,63-64H,4-14,17,20-23,26-49H2,1-3H3,(H,65,66)/b18-15-,19-16-,25-24-. The van der Waals surface area contributed by atoms with Gasteiger partial charge in [-0.1, -0.05) is 211 Å². The number of aliphatic hydroxyl groups is 2. The Bertz CT molecular complexity index is 1380. The Morgan fingerprint density at radius 3 is 1.35 bits per heavy atom. The van der Waals surface area contributed by atoms with Crippen LogP contribution in [-0.4, -0.2) is 89.2 Å². The van der Waals surface area contributed by atoms with Crippen LogP contribution in [0.25, 0.3) is 0 Å².